The molecule has 0 saturated heterocycles. The van der Waals surface area contributed by atoms with Gasteiger partial charge in [-0.15, -0.1) is 0 Å². The molecule has 3 N–H and O–H groups in total. The van der Waals surface area contributed by atoms with E-state index in [1.807, 2.05) is 0 Å². The highest BCUT2D eigenvalue weighted by Crippen LogP contribution is 2.26. The summed E-state index contributed by atoms with van der Waals surface area (Å²) in [5.74, 6) is 0. The lowest BCUT2D eigenvalue weighted by atomic mass is 9.91. The molecule has 6 nitrogen and oxygen atoms in total. The molecule has 0 radical (unpaired) electrons. The van der Waals surface area contributed by atoms with Crippen LogP contribution in [0.25, 0.3) is 0 Å². The summed E-state index contributed by atoms with van der Waals surface area (Å²) < 4.78 is 0. The van der Waals surface area contributed by atoms with Gasteiger partial charge in [-0.25, -0.2) is 0 Å². The normalized spacial score (nSPS) is 24.3. The van der Waals surface area contributed by atoms with E-state index in [0.29, 0.717) is 5.69 Å². The summed E-state index contributed by atoms with van der Waals surface area (Å²) in [7, 11) is 0. The molecule has 0 aromatic carbocycles. The van der Waals surface area contributed by atoms with Crippen molar-refractivity contribution in [2.24, 2.45) is 5.73 Å². The fourth-order valence-corrected chi connectivity index (χ4v) is 2.14. The zero-order chi connectivity index (χ0) is 12.3. The number of rotatable bonds is 3. The minimum atomic E-state index is -0.413. The summed E-state index contributed by atoms with van der Waals surface area (Å²) in [6.07, 6.45) is 6.69. The molecule has 6 heteroatoms. The van der Waals surface area contributed by atoms with Crippen LogP contribution in [0.3, 0.4) is 0 Å². The minimum Gasteiger partial charge on any atom is -0.377 e. The van der Waals surface area contributed by atoms with Crippen LogP contribution in [0, 0.1) is 10.1 Å². The standard InChI is InChI=1S/C11H16N4O2/c12-8-1-3-9(4-2-8)14-10-5-6-13-7-11(10)15(16)17/h5-9H,1-4,12H2,(H,13,14). The Balaban J connectivity index is 2.05. The molecule has 0 amide bonds. The van der Waals surface area contributed by atoms with Crippen molar-refractivity contribution >= 4 is 11.4 Å². The largest absolute Gasteiger partial charge is 0.377 e. The van der Waals surface area contributed by atoms with E-state index < -0.39 is 4.92 Å². The SMILES string of the molecule is NC1CCC(Nc2ccncc2[N+](=O)[O-])CC1. The van der Waals surface area contributed by atoms with Gasteiger partial charge in [-0.05, 0) is 31.7 Å². The maximum atomic E-state index is 10.8. The molecule has 0 aliphatic heterocycles. The van der Waals surface area contributed by atoms with Crippen molar-refractivity contribution in [3.05, 3.63) is 28.6 Å². The van der Waals surface area contributed by atoms with E-state index in [2.05, 4.69) is 10.3 Å². The Morgan fingerprint density at radius 3 is 2.76 bits per heavy atom. The van der Waals surface area contributed by atoms with Crippen LogP contribution in [0.1, 0.15) is 25.7 Å². The number of hydrogen-bond acceptors (Lipinski definition) is 5. The smallest absolute Gasteiger partial charge is 0.310 e. The Kier molecular flexibility index (Phi) is 3.53. The first-order valence-electron chi connectivity index (χ1n) is 5.77. The summed E-state index contributed by atoms with van der Waals surface area (Å²) in [4.78, 5) is 14.2. The van der Waals surface area contributed by atoms with Gasteiger partial charge in [0.15, 0.2) is 0 Å². The molecule has 0 atom stereocenters. The Labute approximate surface area is 99.4 Å². The van der Waals surface area contributed by atoms with Crippen LogP contribution in [0.5, 0.6) is 0 Å². The number of nitrogens with one attached hydrogen (secondary N) is 1. The maximum absolute atomic E-state index is 10.8. The highest BCUT2D eigenvalue weighted by molar-refractivity contribution is 5.60. The third-order valence-corrected chi connectivity index (χ3v) is 3.13. The number of nitrogens with two attached hydrogens (primary N) is 1. The highest BCUT2D eigenvalue weighted by atomic mass is 16.6. The van der Waals surface area contributed by atoms with Gasteiger partial charge in [0.1, 0.15) is 11.9 Å². The average molecular weight is 236 g/mol. The molecule has 0 spiro atoms. The van der Waals surface area contributed by atoms with Crippen LogP contribution < -0.4 is 11.1 Å². The Bertz CT molecular complexity index is 402. The first-order valence-corrected chi connectivity index (χ1v) is 5.77. The van der Waals surface area contributed by atoms with Gasteiger partial charge in [0.05, 0.1) is 4.92 Å². The second-order valence-electron chi connectivity index (χ2n) is 4.41. The molecular formula is C11H16N4O2. The third-order valence-electron chi connectivity index (χ3n) is 3.13. The molecule has 1 aliphatic carbocycles. The van der Waals surface area contributed by atoms with E-state index >= 15 is 0 Å². The lowest BCUT2D eigenvalue weighted by Crippen LogP contribution is -2.32. The van der Waals surface area contributed by atoms with Gasteiger partial charge >= 0.3 is 5.69 Å². The summed E-state index contributed by atoms with van der Waals surface area (Å²) in [5.41, 5.74) is 6.40. The van der Waals surface area contributed by atoms with E-state index in [1.165, 1.54) is 6.20 Å². The van der Waals surface area contributed by atoms with Crippen LogP contribution >= 0.6 is 0 Å². The van der Waals surface area contributed by atoms with Crippen LogP contribution in [0.2, 0.25) is 0 Å². The van der Waals surface area contributed by atoms with Crippen LogP contribution in [0.15, 0.2) is 18.5 Å². The van der Waals surface area contributed by atoms with E-state index in [1.54, 1.807) is 12.3 Å². The van der Waals surface area contributed by atoms with Crippen molar-refractivity contribution in [1.82, 2.24) is 4.98 Å². The Hall–Kier alpha value is -1.69. The van der Waals surface area contributed by atoms with Gasteiger partial charge in [-0.2, -0.15) is 0 Å². The second-order valence-corrected chi connectivity index (χ2v) is 4.41. The quantitative estimate of drug-likeness (QED) is 0.615. The summed E-state index contributed by atoms with van der Waals surface area (Å²) >= 11 is 0. The van der Waals surface area contributed by atoms with Gasteiger partial charge in [0, 0.05) is 18.3 Å². The zero-order valence-electron chi connectivity index (χ0n) is 9.50. The molecular weight excluding hydrogens is 220 g/mol. The van der Waals surface area contributed by atoms with E-state index in [0.717, 1.165) is 25.7 Å². The molecule has 1 saturated carbocycles. The molecule has 2 rings (SSSR count). The number of hydrogen-bond donors (Lipinski definition) is 2. The second kappa shape index (κ2) is 5.09. The minimum absolute atomic E-state index is 0.0300. The molecule has 1 aromatic rings. The van der Waals surface area contributed by atoms with Gasteiger partial charge < -0.3 is 11.1 Å². The van der Waals surface area contributed by atoms with Crippen molar-refractivity contribution in [3.8, 4) is 0 Å². The van der Waals surface area contributed by atoms with Crippen molar-refractivity contribution in [2.75, 3.05) is 5.32 Å². The first kappa shape index (κ1) is 11.8. The lowest BCUT2D eigenvalue weighted by Gasteiger charge is -2.27. The molecule has 0 unspecified atom stereocenters. The van der Waals surface area contributed by atoms with Crippen molar-refractivity contribution in [2.45, 2.75) is 37.8 Å². The number of pyridine rings is 1. The van der Waals surface area contributed by atoms with E-state index in [4.69, 9.17) is 5.73 Å². The molecule has 1 aromatic heterocycles. The Morgan fingerprint density at radius 2 is 2.12 bits per heavy atom. The molecule has 1 fully saturated rings. The zero-order valence-corrected chi connectivity index (χ0v) is 9.50. The number of nitro groups is 1. The summed E-state index contributed by atoms with van der Waals surface area (Å²) in [6.45, 7) is 0. The molecule has 1 heterocycles. The van der Waals surface area contributed by atoms with E-state index in [9.17, 15) is 10.1 Å². The highest BCUT2D eigenvalue weighted by Gasteiger charge is 2.21. The lowest BCUT2D eigenvalue weighted by molar-refractivity contribution is -0.384. The summed E-state index contributed by atoms with van der Waals surface area (Å²) in [6, 6.07) is 2.20. The van der Waals surface area contributed by atoms with Crippen molar-refractivity contribution < 1.29 is 4.92 Å². The Morgan fingerprint density at radius 1 is 1.41 bits per heavy atom. The molecule has 1 aliphatic rings. The number of nitrogens with zero attached hydrogens (tertiary/aromatic N) is 2. The van der Waals surface area contributed by atoms with Gasteiger partial charge in [0.25, 0.3) is 0 Å². The molecule has 92 valence electrons. The topological polar surface area (TPSA) is 94.1 Å². The van der Waals surface area contributed by atoms with Gasteiger partial charge in [-0.3, -0.25) is 15.1 Å². The van der Waals surface area contributed by atoms with E-state index in [-0.39, 0.29) is 17.8 Å². The molecule has 0 bridgehead atoms. The number of aromatic nitrogens is 1. The van der Waals surface area contributed by atoms with Gasteiger partial charge in [-0.1, -0.05) is 0 Å². The third kappa shape index (κ3) is 2.91. The van der Waals surface area contributed by atoms with Crippen molar-refractivity contribution in [3.63, 3.8) is 0 Å². The van der Waals surface area contributed by atoms with Crippen LogP contribution in [0.4, 0.5) is 11.4 Å². The summed E-state index contributed by atoms with van der Waals surface area (Å²) in [5, 5.41) is 14.0. The monoisotopic (exact) mass is 236 g/mol. The van der Waals surface area contributed by atoms with Crippen LogP contribution in [-0.4, -0.2) is 22.0 Å². The predicted octanol–water partition coefficient (Wildman–Crippen LogP) is 1.67. The van der Waals surface area contributed by atoms with Crippen LogP contribution in [-0.2, 0) is 0 Å². The maximum Gasteiger partial charge on any atom is 0.310 e. The van der Waals surface area contributed by atoms with Gasteiger partial charge in [0.2, 0.25) is 0 Å². The fourth-order valence-electron chi connectivity index (χ4n) is 2.14. The number of anilines is 1. The first-order chi connectivity index (χ1) is 8.16. The fraction of sp³-hybridized carbons (Fsp3) is 0.545. The van der Waals surface area contributed by atoms with Crippen molar-refractivity contribution in [1.29, 1.82) is 0 Å². The predicted molar refractivity (Wildman–Crippen MR) is 64.7 cm³/mol. The molecule has 17 heavy (non-hydrogen) atoms. The average Bonchev–Trinajstić information content (AvgIpc) is 2.32.